The Morgan fingerprint density at radius 3 is 2.31 bits per heavy atom. The minimum atomic E-state index is -0.913. The molecular weight excluding hydrogens is 464 g/mol. The van der Waals surface area contributed by atoms with Gasteiger partial charge in [0.15, 0.2) is 0 Å². The van der Waals surface area contributed by atoms with Crippen molar-refractivity contribution in [3.05, 3.63) is 59.7 Å². The fraction of sp³-hybridized carbons (Fsp3) is 0.444. The van der Waals surface area contributed by atoms with Gasteiger partial charge in [-0.2, -0.15) is 11.8 Å². The lowest BCUT2D eigenvalue weighted by atomic mass is 9.84. The molecule has 1 aliphatic carbocycles. The average molecular weight is 497 g/mol. The van der Waals surface area contributed by atoms with Gasteiger partial charge in [-0.1, -0.05) is 55.5 Å². The molecule has 2 aliphatic rings. The summed E-state index contributed by atoms with van der Waals surface area (Å²) < 4.78 is 5.64. The fourth-order valence-corrected chi connectivity index (χ4v) is 5.64. The number of hydrogen-bond donors (Lipinski definition) is 2. The molecular formula is C27H32N2O5S. The first-order chi connectivity index (χ1) is 16.9. The number of nitrogens with one attached hydrogen (secondary N) is 1. The number of ether oxygens (including phenoxy) is 1. The van der Waals surface area contributed by atoms with Crippen molar-refractivity contribution in [3.8, 4) is 11.1 Å². The molecule has 2 aromatic carbocycles. The van der Waals surface area contributed by atoms with Crippen LogP contribution in [-0.4, -0.2) is 65.7 Å². The van der Waals surface area contributed by atoms with Crippen molar-refractivity contribution in [2.75, 3.05) is 31.7 Å². The van der Waals surface area contributed by atoms with E-state index in [1.807, 2.05) is 37.4 Å². The molecule has 0 aromatic heterocycles. The highest BCUT2D eigenvalue weighted by atomic mass is 32.2. The fourth-order valence-electron chi connectivity index (χ4n) is 5.17. The van der Waals surface area contributed by atoms with Gasteiger partial charge in [0.2, 0.25) is 5.91 Å². The Bertz CT molecular complexity index is 1060. The molecule has 7 nitrogen and oxygen atoms in total. The number of amides is 2. The number of hydrogen-bond acceptors (Lipinski definition) is 5. The molecule has 2 atom stereocenters. The summed E-state index contributed by atoms with van der Waals surface area (Å²) in [6.45, 7) is 2.55. The minimum Gasteiger partial charge on any atom is -0.481 e. The van der Waals surface area contributed by atoms with Crippen LogP contribution in [0.3, 0.4) is 0 Å². The van der Waals surface area contributed by atoms with E-state index >= 15 is 0 Å². The van der Waals surface area contributed by atoms with Crippen molar-refractivity contribution >= 4 is 29.7 Å². The van der Waals surface area contributed by atoms with Crippen LogP contribution in [0.2, 0.25) is 0 Å². The third-order valence-electron chi connectivity index (χ3n) is 7.34. The SMILES string of the molecule is CCC1(C(=O)O)CCN(C(=O)[C@@H](CCSC)NC(=O)OCC2c3ccccc3-c3ccccc32)C1. The van der Waals surface area contributed by atoms with Crippen molar-refractivity contribution in [2.45, 2.75) is 38.1 Å². The first-order valence-electron chi connectivity index (χ1n) is 12.0. The predicted molar refractivity (Wildman–Crippen MR) is 137 cm³/mol. The summed E-state index contributed by atoms with van der Waals surface area (Å²) in [6, 6.07) is 15.5. The number of carbonyl (C=O) groups is 3. The highest BCUT2D eigenvalue weighted by Gasteiger charge is 2.46. The predicted octanol–water partition coefficient (Wildman–Crippen LogP) is 4.36. The summed E-state index contributed by atoms with van der Waals surface area (Å²) in [6.07, 6.45) is 2.64. The van der Waals surface area contributed by atoms with E-state index in [0.717, 1.165) is 22.3 Å². The molecule has 2 aromatic rings. The molecule has 2 amide bonds. The maximum absolute atomic E-state index is 13.3. The number of carboxylic acid groups (broad SMARTS) is 1. The summed E-state index contributed by atoms with van der Waals surface area (Å²) in [5, 5.41) is 12.4. The Labute approximate surface area is 210 Å². The molecule has 0 radical (unpaired) electrons. The standard InChI is InChI=1S/C27H32N2O5S/c1-3-27(25(31)32)13-14-29(17-27)24(30)23(12-15-35-2)28-26(33)34-16-22-20-10-6-4-8-18(20)19-9-5-7-11-21(19)22/h4-11,22-23H,3,12-17H2,1-2H3,(H,28,33)(H,31,32)/t23-,27?/m1/s1. The second-order valence-electron chi connectivity index (χ2n) is 9.25. The van der Waals surface area contributed by atoms with Gasteiger partial charge in [0.25, 0.3) is 0 Å². The van der Waals surface area contributed by atoms with Gasteiger partial charge in [-0.3, -0.25) is 9.59 Å². The van der Waals surface area contributed by atoms with E-state index < -0.39 is 23.5 Å². The Kier molecular flexibility index (Phi) is 7.69. The molecule has 2 N–H and O–H groups in total. The lowest BCUT2D eigenvalue weighted by molar-refractivity contribution is -0.148. The Morgan fingerprint density at radius 2 is 1.77 bits per heavy atom. The number of likely N-dealkylation sites (tertiary alicyclic amines) is 1. The van der Waals surface area contributed by atoms with E-state index in [-0.39, 0.29) is 25.0 Å². The normalized spacial score (nSPS) is 19.7. The van der Waals surface area contributed by atoms with Gasteiger partial charge in [0, 0.05) is 19.0 Å². The van der Waals surface area contributed by atoms with Crippen molar-refractivity contribution in [1.82, 2.24) is 10.2 Å². The van der Waals surface area contributed by atoms with Gasteiger partial charge in [0.05, 0.1) is 5.41 Å². The number of carbonyl (C=O) groups excluding carboxylic acids is 2. The van der Waals surface area contributed by atoms with Crippen LogP contribution in [0.1, 0.15) is 43.2 Å². The van der Waals surface area contributed by atoms with Crippen LogP contribution in [0.4, 0.5) is 4.79 Å². The Balaban J connectivity index is 1.42. The van der Waals surface area contributed by atoms with Crippen LogP contribution in [0.5, 0.6) is 0 Å². The van der Waals surface area contributed by atoms with Crippen molar-refractivity contribution in [3.63, 3.8) is 0 Å². The third kappa shape index (κ3) is 5.03. The Morgan fingerprint density at radius 1 is 1.14 bits per heavy atom. The maximum Gasteiger partial charge on any atom is 0.407 e. The van der Waals surface area contributed by atoms with Gasteiger partial charge in [-0.25, -0.2) is 4.79 Å². The van der Waals surface area contributed by atoms with Crippen LogP contribution in [0.15, 0.2) is 48.5 Å². The summed E-state index contributed by atoms with van der Waals surface area (Å²) in [5.74, 6) is -0.497. The number of thioether (sulfide) groups is 1. The van der Waals surface area contributed by atoms with E-state index in [0.29, 0.717) is 31.6 Å². The molecule has 8 heteroatoms. The van der Waals surface area contributed by atoms with Crippen LogP contribution in [0, 0.1) is 5.41 Å². The lowest BCUT2D eigenvalue weighted by Gasteiger charge is -2.26. The van der Waals surface area contributed by atoms with E-state index in [1.165, 1.54) is 0 Å². The quantitative estimate of drug-likeness (QED) is 0.536. The summed E-state index contributed by atoms with van der Waals surface area (Å²) >= 11 is 1.59. The number of nitrogens with zero attached hydrogens (tertiary/aromatic N) is 1. The number of fused-ring (bicyclic) bond motifs is 3. The summed E-state index contributed by atoms with van der Waals surface area (Å²) in [5.41, 5.74) is 3.63. The molecule has 1 aliphatic heterocycles. The third-order valence-corrected chi connectivity index (χ3v) is 7.98. The molecule has 4 rings (SSSR count). The zero-order chi connectivity index (χ0) is 25.0. The van der Waals surface area contributed by atoms with Crippen molar-refractivity contribution in [2.24, 2.45) is 5.41 Å². The number of rotatable bonds is 9. The van der Waals surface area contributed by atoms with E-state index in [4.69, 9.17) is 4.74 Å². The van der Waals surface area contributed by atoms with Crippen LogP contribution >= 0.6 is 11.8 Å². The van der Waals surface area contributed by atoms with E-state index in [9.17, 15) is 19.5 Å². The first-order valence-corrected chi connectivity index (χ1v) is 13.4. The van der Waals surface area contributed by atoms with Crippen LogP contribution in [0.25, 0.3) is 11.1 Å². The van der Waals surface area contributed by atoms with Gasteiger partial charge < -0.3 is 20.1 Å². The number of carboxylic acids is 1. The second kappa shape index (κ2) is 10.7. The molecule has 0 saturated carbocycles. The molecule has 186 valence electrons. The number of benzene rings is 2. The molecule has 35 heavy (non-hydrogen) atoms. The van der Waals surface area contributed by atoms with Gasteiger partial charge in [0.1, 0.15) is 12.6 Å². The monoisotopic (exact) mass is 496 g/mol. The minimum absolute atomic E-state index is 0.0622. The smallest absolute Gasteiger partial charge is 0.407 e. The highest BCUT2D eigenvalue weighted by Crippen LogP contribution is 2.44. The lowest BCUT2D eigenvalue weighted by Crippen LogP contribution is -2.49. The molecule has 0 spiro atoms. The number of aliphatic carboxylic acids is 1. The maximum atomic E-state index is 13.3. The second-order valence-corrected chi connectivity index (χ2v) is 10.2. The summed E-state index contributed by atoms with van der Waals surface area (Å²) in [7, 11) is 0. The van der Waals surface area contributed by atoms with Gasteiger partial charge >= 0.3 is 12.1 Å². The highest BCUT2D eigenvalue weighted by molar-refractivity contribution is 7.98. The van der Waals surface area contributed by atoms with Crippen LogP contribution < -0.4 is 5.32 Å². The van der Waals surface area contributed by atoms with Crippen molar-refractivity contribution < 1.29 is 24.2 Å². The number of alkyl carbamates (subject to hydrolysis) is 1. The molecule has 1 heterocycles. The molecule has 1 unspecified atom stereocenters. The topological polar surface area (TPSA) is 95.9 Å². The summed E-state index contributed by atoms with van der Waals surface area (Å²) in [4.78, 5) is 39.4. The molecule has 0 bridgehead atoms. The zero-order valence-electron chi connectivity index (χ0n) is 20.2. The average Bonchev–Trinajstić information content (AvgIpc) is 3.46. The zero-order valence-corrected chi connectivity index (χ0v) is 21.0. The van der Waals surface area contributed by atoms with E-state index in [2.05, 4.69) is 29.6 Å². The molecule has 1 fully saturated rings. The van der Waals surface area contributed by atoms with E-state index in [1.54, 1.807) is 16.7 Å². The molecule has 1 saturated heterocycles. The van der Waals surface area contributed by atoms with Crippen molar-refractivity contribution in [1.29, 1.82) is 0 Å². The largest absolute Gasteiger partial charge is 0.481 e. The van der Waals surface area contributed by atoms with Crippen LogP contribution in [-0.2, 0) is 14.3 Å². The Hall–Kier alpha value is -3.00. The first kappa shape index (κ1) is 25.1. The van der Waals surface area contributed by atoms with Gasteiger partial charge in [-0.15, -0.1) is 0 Å². The van der Waals surface area contributed by atoms with Gasteiger partial charge in [-0.05, 0) is 53.5 Å².